The number of rotatable bonds is 4. The van der Waals surface area contributed by atoms with Crippen LogP contribution < -0.4 is 11.1 Å². The summed E-state index contributed by atoms with van der Waals surface area (Å²) in [6, 6.07) is 4.94. The van der Waals surface area contributed by atoms with Crippen molar-refractivity contribution in [3.63, 3.8) is 0 Å². The average Bonchev–Trinajstić information content (AvgIpc) is 3.09. The van der Waals surface area contributed by atoms with Gasteiger partial charge in [-0.05, 0) is 25.1 Å². The summed E-state index contributed by atoms with van der Waals surface area (Å²) in [4.78, 5) is 15.4. The summed E-state index contributed by atoms with van der Waals surface area (Å²) in [5.74, 6) is -1.81. The SMILES string of the molecule is [C-]#[N+]c1c(N)ncnc1N[C@@H](C)c1cc2ncc(Cl)n2nc1-c1cccc(F)c1F. The zero-order valence-electron chi connectivity index (χ0n) is 15.4. The number of imidazole rings is 1. The molecular weight excluding hydrogens is 414 g/mol. The third-order valence-electron chi connectivity index (χ3n) is 4.47. The minimum atomic E-state index is -1.04. The Kier molecular flexibility index (Phi) is 4.89. The lowest BCUT2D eigenvalue weighted by atomic mass is 10.0. The fraction of sp³-hybridized carbons (Fsp3) is 0.105. The monoisotopic (exact) mass is 426 g/mol. The second-order valence-corrected chi connectivity index (χ2v) is 6.72. The topological polar surface area (TPSA) is 98.4 Å². The number of nitrogens with one attached hydrogen (secondary N) is 1. The summed E-state index contributed by atoms with van der Waals surface area (Å²) in [6.07, 6.45) is 2.63. The van der Waals surface area contributed by atoms with Gasteiger partial charge >= 0.3 is 0 Å². The van der Waals surface area contributed by atoms with E-state index in [9.17, 15) is 8.78 Å². The summed E-state index contributed by atoms with van der Waals surface area (Å²) >= 11 is 6.11. The molecule has 0 amide bonds. The van der Waals surface area contributed by atoms with Crippen LogP contribution in [0.1, 0.15) is 18.5 Å². The van der Waals surface area contributed by atoms with Gasteiger partial charge in [0.25, 0.3) is 5.69 Å². The van der Waals surface area contributed by atoms with E-state index in [0.717, 1.165) is 6.07 Å². The Balaban J connectivity index is 1.89. The van der Waals surface area contributed by atoms with Crippen LogP contribution in [-0.2, 0) is 0 Å². The Morgan fingerprint density at radius 1 is 1.27 bits per heavy atom. The van der Waals surface area contributed by atoms with Crippen LogP contribution >= 0.6 is 11.6 Å². The summed E-state index contributed by atoms with van der Waals surface area (Å²) in [5.41, 5.74) is 6.82. The number of aromatic nitrogens is 5. The maximum Gasteiger partial charge on any atom is 0.268 e. The molecule has 1 atom stereocenters. The molecule has 150 valence electrons. The summed E-state index contributed by atoms with van der Waals surface area (Å²) in [6.45, 7) is 9.06. The van der Waals surface area contributed by atoms with E-state index in [1.807, 2.05) is 0 Å². The van der Waals surface area contributed by atoms with Crippen LogP contribution in [0.3, 0.4) is 0 Å². The third-order valence-corrected chi connectivity index (χ3v) is 4.73. The quantitative estimate of drug-likeness (QED) is 0.468. The summed E-state index contributed by atoms with van der Waals surface area (Å²) in [5, 5.41) is 7.67. The van der Waals surface area contributed by atoms with E-state index in [1.54, 1.807) is 13.0 Å². The van der Waals surface area contributed by atoms with Crippen molar-refractivity contribution in [3.8, 4) is 11.3 Å². The zero-order chi connectivity index (χ0) is 21.4. The highest BCUT2D eigenvalue weighted by Crippen LogP contribution is 2.35. The van der Waals surface area contributed by atoms with Gasteiger partial charge < -0.3 is 11.1 Å². The molecule has 0 saturated heterocycles. The number of benzene rings is 1. The van der Waals surface area contributed by atoms with E-state index in [-0.39, 0.29) is 33.7 Å². The lowest BCUT2D eigenvalue weighted by Crippen LogP contribution is -2.13. The van der Waals surface area contributed by atoms with Crippen molar-refractivity contribution < 1.29 is 8.78 Å². The standard InChI is InChI=1S/C19H13ClF2N8/c1-9(28-19-17(24-2)18(23)26-8-27-19)11-6-14-25-7-13(20)30(14)29-16(11)10-4-3-5-12(21)15(10)22/h3-9H,1H3,(H3,23,26,27,28)/t9-/m0/s1. The number of halogens is 3. The van der Waals surface area contributed by atoms with Gasteiger partial charge in [-0.3, -0.25) is 0 Å². The summed E-state index contributed by atoms with van der Waals surface area (Å²) in [7, 11) is 0. The summed E-state index contributed by atoms with van der Waals surface area (Å²) < 4.78 is 29.8. The molecule has 30 heavy (non-hydrogen) atoms. The van der Waals surface area contributed by atoms with Crippen molar-refractivity contribution in [3.05, 3.63) is 70.6 Å². The minimum Gasteiger partial charge on any atom is -0.392 e. The van der Waals surface area contributed by atoms with Crippen molar-refractivity contribution in [2.45, 2.75) is 13.0 Å². The fourth-order valence-electron chi connectivity index (χ4n) is 3.02. The normalized spacial score (nSPS) is 12.0. The van der Waals surface area contributed by atoms with Gasteiger partial charge in [0.1, 0.15) is 18.0 Å². The molecule has 4 aromatic rings. The van der Waals surface area contributed by atoms with Gasteiger partial charge in [-0.1, -0.05) is 17.7 Å². The number of hydrogen-bond donors (Lipinski definition) is 2. The molecule has 3 heterocycles. The number of nitrogens with zero attached hydrogens (tertiary/aromatic N) is 6. The Hall–Kier alpha value is -3.84. The molecule has 0 saturated carbocycles. The van der Waals surface area contributed by atoms with Gasteiger partial charge in [-0.2, -0.15) is 5.10 Å². The minimum absolute atomic E-state index is 0.0275. The Bertz CT molecular complexity index is 1310. The van der Waals surface area contributed by atoms with Crippen LogP contribution in [-0.4, -0.2) is 24.6 Å². The van der Waals surface area contributed by atoms with Gasteiger partial charge in [0.15, 0.2) is 22.4 Å². The smallest absolute Gasteiger partial charge is 0.268 e. The first-order chi connectivity index (χ1) is 14.4. The predicted molar refractivity (Wildman–Crippen MR) is 108 cm³/mol. The van der Waals surface area contributed by atoms with Crippen molar-refractivity contribution in [2.75, 3.05) is 11.1 Å². The first-order valence-electron chi connectivity index (χ1n) is 8.63. The first-order valence-corrected chi connectivity index (χ1v) is 9.01. The van der Waals surface area contributed by atoms with Gasteiger partial charge in [0.2, 0.25) is 0 Å². The molecule has 1 aromatic carbocycles. The first kappa shape index (κ1) is 19.5. The largest absolute Gasteiger partial charge is 0.392 e. The molecule has 3 N–H and O–H groups in total. The molecule has 0 unspecified atom stereocenters. The van der Waals surface area contributed by atoms with Crippen molar-refractivity contribution in [1.82, 2.24) is 24.6 Å². The number of nitrogen functional groups attached to an aromatic ring is 1. The van der Waals surface area contributed by atoms with E-state index in [2.05, 4.69) is 30.2 Å². The second-order valence-electron chi connectivity index (χ2n) is 6.33. The molecule has 8 nitrogen and oxygen atoms in total. The van der Waals surface area contributed by atoms with Crippen molar-refractivity contribution in [1.29, 1.82) is 0 Å². The maximum atomic E-state index is 14.6. The van der Waals surface area contributed by atoms with Crippen LogP contribution in [0.25, 0.3) is 21.7 Å². The Morgan fingerprint density at radius 3 is 2.83 bits per heavy atom. The molecule has 0 aliphatic heterocycles. The highest BCUT2D eigenvalue weighted by Gasteiger charge is 2.22. The Labute approximate surface area is 174 Å². The molecule has 0 fully saturated rings. The molecule has 0 bridgehead atoms. The fourth-order valence-corrected chi connectivity index (χ4v) is 3.19. The molecule has 0 aliphatic rings. The van der Waals surface area contributed by atoms with Crippen LogP contribution in [0, 0.1) is 18.2 Å². The van der Waals surface area contributed by atoms with E-state index < -0.39 is 17.7 Å². The van der Waals surface area contributed by atoms with Crippen molar-refractivity contribution in [2.24, 2.45) is 0 Å². The number of hydrogen-bond acceptors (Lipinski definition) is 6. The molecular formula is C19H13ClF2N8. The molecule has 4 rings (SSSR count). The second kappa shape index (κ2) is 7.53. The van der Waals surface area contributed by atoms with Crippen LogP contribution in [0.15, 0.2) is 36.8 Å². The van der Waals surface area contributed by atoms with Crippen LogP contribution in [0.5, 0.6) is 0 Å². The lowest BCUT2D eigenvalue weighted by Gasteiger charge is -2.19. The van der Waals surface area contributed by atoms with Gasteiger partial charge in [-0.15, -0.1) is 0 Å². The lowest BCUT2D eigenvalue weighted by molar-refractivity contribution is 0.510. The maximum absolute atomic E-state index is 14.6. The third kappa shape index (κ3) is 3.25. The highest BCUT2D eigenvalue weighted by atomic mass is 35.5. The number of fused-ring (bicyclic) bond motifs is 1. The molecule has 3 aromatic heterocycles. The molecule has 11 heteroatoms. The van der Waals surface area contributed by atoms with Crippen molar-refractivity contribution >= 4 is 34.6 Å². The number of nitrogens with two attached hydrogens (primary N) is 1. The average molecular weight is 427 g/mol. The van der Waals surface area contributed by atoms with E-state index >= 15 is 0 Å². The molecule has 0 aliphatic carbocycles. The molecule has 0 radical (unpaired) electrons. The molecule has 0 spiro atoms. The van der Waals surface area contributed by atoms with E-state index in [4.69, 9.17) is 23.9 Å². The van der Waals surface area contributed by atoms with E-state index in [0.29, 0.717) is 11.2 Å². The van der Waals surface area contributed by atoms with Crippen LogP contribution in [0.2, 0.25) is 5.15 Å². The zero-order valence-corrected chi connectivity index (χ0v) is 16.2. The van der Waals surface area contributed by atoms with Gasteiger partial charge in [0.05, 0.1) is 24.5 Å². The van der Waals surface area contributed by atoms with Crippen LogP contribution in [0.4, 0.5) is 26.1 Å². The number of anilines is 2. The van der Waals surface area contributed by atoms with Gasteiger partial charge in [-0.25, -0.2) is 33.1 Å². The van der Waals surface area contributed by atoms with E-state index in [1.165, 1.54) is 29.2 Å². The Morgan fingerprint density at radius 2 is 2.07 bits per heavy atom. The highest BCUT2D eigenvalue weighted by molar-refractivity contribution is 6.29. The predicted octanol–water partition coefficient (Wildman–Crippen LogP) is 4.42. The van der Waals surface area contributed by atoms with Gasteiger partial charge in [0, 0.05) is 11.1 Å².